The van der Waals surface area contributed by atoms with Crippen molar-refractivity contribution in [3.8, 4) is 0 Å². The predicted molar refractivity (Wildman–Crippen MR) is 86.5 cm³/mol. The Hall–Kier alpha value is -2.24. The molecule has 4 nitrogen and oxygen atoms in total. The molecule has 1 aromatic heterocycles. The third-order valence-electron chi connectivity index (χ3n) is 4.43. The van der Waals surface area contributed by atoms with E-state index in [1.165, 1.54) is 12.1 Å². The molecule has 1 fully saturated rings. The zero-order valence-corrected chi connectivity index (χ0v) is 14.0. The Labute approximate surface area is 139 Å². The summed E-state index contributed by atoms with van der Waals surface area (Å²) >= 11 is 0. The summed E-state index contributed by atoms with van der Waals surface area (Å²) in [6.07, 6.45) is 0.598. The Morgan fingerprint density at radius 1 is 1.38 bits per heavy atom. The van der Waals surface area contributed by atoms with Crippen LogP contribution in [0.2, 0.25) is 0 Å². The third kappa shape index (κ3) is 3.47. The van der Waals surface area contributed by atoms with Crippen molar-refractivity contribution in [3.05, 3.63) is 52.9 Å². The Balaban J connectivity index is 1.57. The van der Waals surface area contributed by atoms with Crippen molar-refractivity contribution in [2.75, 3.05) is 0 Å². The van der Waals surface area contributed by atoms with E-state index in [1.807, 2.05) is 31.5 Å². The summed E-state index contributed by atoms with van der Waals surface area (Å²) in [6.45, 7) is 6.42. The molecule has 3 rings (SSSR count). The monoisotopic (exact) mass is 333 g/mol. The topological polar surface area (TPSA) is 46.9 Å². The molecule has 3 unspecified atom stereocenters. The van der Waals surface area contributed by atoms with Gasteiger partial charge in [-0.3, -0.25) is 9.48 Å². The third-order valence-corrected chi connectivity index (χ3v) is 4.43. The number of amides is 1. The average molecular weight is 333 g/mol. The molecule has 1 N–H and O–H groups in total. The van der Waals surface area contributed by atoms with Crippen molar-refractivity contribution in [2.24, 2.45) is 5.92 Å². The number of aryl methyl sites for hydroxylation is 2. The van der Waals surface area contributed by atoms with Gasteiger partial charge in [-0.15, -0.1) is 0 Å². The van der Waals surface area contributed by atoms with Gasteiger partial charge in [0.15, 0.2) is 0 Å². The number of aromatic nitrogens is 2. The minimum Gasteiger partial charge on any atom is -0.352 e. The minimum absolute atomic E-state index is 0.0742. The number of nitrogens with one attached hydrogen (secondary N) is 1. The van der Waals surface area contributed by atoms with Crippen LogP contribution in [0.25, 0.3) is 0 Å². The summed E-state index contributed by atoms with van der Waals surface area (Å²) in [4.78, 5) is 12.3. The summed E-state index contributed by atoms with van der Waals surface area (Å²) in [7, 11) is 0. The Morgan fingerprint density at radius 2 is 2.12 bits per heavy atom. The van der Waals surface area contributed by atoms with E-state index < -0.39 is 11.6 Å². The van der Waals surface area contributed by atoms with E-state index in [-0.39, 0.29) is 23.8 Å². The first-order chi connectivity index (χ1) is 11.3. The molecule has 0 saturated heterocycles. The van der Waals surface area contributed by atoms with Crippen LogP contribution >= 0.6 is 0 Å². The SMILES string of the molecule is Cc1cc(C)n(CC(C)NC(=O)C2CC2c2ccc(F)cc2F)n1. The van der Waals surface area contributed by atoms with Crippen LogP contribution in [0.15, 0.2) is 24.3 Å². The summed E-state index contributed by atoms with van der Waals surface area (Å²) in [5, 5.41) is 7.34. The quantitative estimate of drug-likeness (QED) is 0.914. The number of rotatable bonds is 5. The maximum Gasteiger partial charge on any atom is 0.224 e. The van der Waals surface area contributed by atoms with Crippen LogP contribution in [-0.4, -0.2) is 21.7 Å². The summed E-state index contributed by atoms with van der Waals surface area (Å²) in [5.74, 6) is -1.67. The fraction of sp³-hybridized carbons (Fsp3) is 0.444. The molecular weight excluding hydrogens is 312 g/mol. The second-order valence-corrected chi connectivity index (χ2v) is 6.63. The lowest BCUT2D eigenvalue weighted by Crippen LogP contribution is -2.37. The summed E-state index contributed by atoms with van der Waals surface area (Å²) in [5.41, 5.74) is 2.41. The molecule has 0 aliphatic heterocycles. The lowest BCUT2D eigenvalue weighted by atomic mass is 10.1. The zero-order chi connectivity index (χ0) is 17.4. The summed E-state index contributed by atoms with van der Waals surface area (Å²) < 4.78 is 28.6. The molecule has 1 amide bonds. The van der Waals surface area contributed by atoms with Gasteiger partial charge in [0.1, 0.15) is 11.6 Å². The van der Waals surface area contributed by atoms with Gasteiger partial charge in [0.25, 0.3) is 0 Å². The first-order valence-electron chi connectivity index (χ1n) is 8.11. The fourth-order valence-corrected chi connectivity index (χ4v) is 3.15. The van der Waals surface area contributed by atoms with Crippen LogP contribution in [0.5, 0.6) is 0 Å². The number of nitrogens with zero attached hydrogens (tertiary/aromatic N) is 2. The lowest BCUT2D eigenvalue weighted by molar-refractivity contribution is -0.123. The molecular formula is C18H21F2N3O. The molecule has 1 heterocycles. The van der Waals surface area contributed by atoms with Crippen molar-refractivity contribution in [1.29, 1.82) is 0 Å². The molecule has 1 saturated carbocycles. The fourth-order valence-electron chi connectivity index (χ4n) is 3.15. The highest BCUT2D eigenvalue weighted by Gasteiger charge is 2.45. The molecule has 0 spiro atoms. The van der Waals surface area contributed by atoms with E-state index in [2.05, 4.69) is 10.4 Å². The largest absolute Gasteiger partial charge is 0.352 e. The number of benzene rings is 1. The van der Waals surface area contributed by atoms with E-state index >= 15 is 0 Å². The predicted octanol–water partition coefficient (Wildman–Crippen LogP) is 3.09. The van der Waals surface area contributed by atoms with Gasteiger partial charge >= 0.3 is 0 Å². The maximum atomic E-state index is 13.8. The van der Waals surface area contributed by atoms with Crippen LogP contribution < -0.4 is 5.32 Å². The minimum atomic E-state index is -0.601. The summed E-state index contributed by atoms with van der Waals surface area (Å²) in [6, 6.07) is 5.45. The molecule has 3 atom stereocenters. The molecule has 128 valence electrons. The Kier molecular flexibility index (Phi) is 4.39. The molecule has 1 aromatic carbocycles. The number of halogens is 2. The molecule has 6 heteroatoms. The van der Waals surface area contributed by atoms with Crippen LogP contribution in [0.3, 0.4) is 0 Å². The number of carbonyl (C=O) groups excluding carboxylic acids is 1. The van der Waals surface area contributed by atoms with Crippen LogP contribution in [0, 0.1) is 31.4 Å². The van der Waals surface area contributed by atoms with Crippen molar-refractivity contribution in [3.63, 3.8) is 0 Å². The van der Waals surface area contributed by atoms with E-state index in [1.54, 1.807) is 0 Å². The highest BCUT2D eigenvalue weighted by molar-refractivity contribution is 5.83. The highest BCUT2D eigenvalue weighted by atomic mass is 19.1. The normalized spacial score (nSPS) is 20.7. The highest BCUT2D eigenvalue weighted by Crippen LogP contribution is 2.48. The van der Waals surface area contributed by atoms with Gasteiger partial charge < -0.3 is 5.32 Å². The molecule has 0 bridgehead atoms. The molecule has 1 aliphatic rings. The lowest BCUT2D eigenvalue weighted by Gasteiger charge is -2.15. The van der Waals surface area contributed by atoms with Gasteiger partial charge in [-0.2, -0.15) is 5.10 Å². The van der Waals surface area contributed by atoms with Crippen molar-refractivity contribution in [2.45, 2.75) is 45.7 Å². The van der Waals surface area contributed by atoms with Gasteiger partial charge in [0.2, 0.25) is 5.91 Å². The van der Waals surface area contributed by atoms with Gasteiger partial charge in [0, 0.05) is 23.7 Å². The molecule has 24 heavy (non-hydrogen) atoms. The van der Waals surface area contributed by atoms with Crippen LogP contribution in [-0.2, 0) is 11.3 Å². The van der Waals surface area contributed by atoms with E-state index in [0.29, 0.717) is 18.5 Å². The van der Waals surface area contributed by atoms with Crippen molar-refractivity contribution < 1.29 is 13.6 Å². The first kappa shape index (κ1) is 16.6. The second kappa shape index (κ2) is 6.34. The van der Waals surface area contributed by atoms with Gasteiger partial charge in [0.05, 0.1) is 12.2 Å². The van der Waals surface area contributed by atoms with Gasteiger partial charge in [-0.25, -0.2) is 8.78 Å². The van der Waals surface area contributed by atoms with E-state index in [0.717, 1.165) is 17.5 Å². The Morgan fingerprint density at radius 3 is 2.75 bits per heavy atom. The van der Waals surface area contributed by atoms with Crippen LogP contribution in [0.1, 0.15) is 36.2 Å². The molecule has 0 radical (unpaired) electrons. The number of carbonyl (C=O) groups is 1. The average Bonchev–Trinajstić information content (AvgIpc) is 3.20. The number of hydrogen-bond acceptors (Lipinski definition) is 2. The standard InChI is InChI=1S/C18H21F2N3O/c1-10-6-12(3)23(22-10)9-11(2)21-18(24)16-8-15(16)14-5-4-13(19)7-17(14)20/h4-7,11,15-16H,8-9H2,1-3H3,(H,21,24). The maximum absolute atomic E-state index is 13.8. The van der Waals surface area contributed by atoms with E-state index in [4.69, 9.17) is 0 Å². The molecule has 2 aromatic rings. The smallest absolute Gasteiger partial charge is 0.224 e. The van der Waals surface area contributed by atoms with Crippen molar-refractivity contribution in [1.82, 2.24) is 15.1 Å². The van der Waals surface area contributed by atoms with Crippen LogP contribution in [0.4, 0.5) is 8.78 Å². The van der Waals surface area contributed by atoms with E-state index in [9.17, 15) is 13.6 Å². The zero-order valence-electron chi connectivity index (χ0n) is 14.0. The second-order valence-electron chi connectivity index (χ2n) is 6.63. The Bertz CT molecular complexity index is 772. The first-order valence-corrected chi connectivity index (χ1v) is 8.11. The molecule has 1 aliphatic carbocycles. The van der Waals surface area contributed by atoms with Crippen molar-refractivity contribution >= 4 is 5.91 Å². The number of hydrogen-bond donors (Lipinski definition) is 1. The van der Waals surface area contributed by atoms with Gasteiger partial charge in [-0.05, 0) is 50.8 Å². The van der Waals surface area contributed by atoms with Gasteiger partial charge in [-0.1, -0.05) is 6.07 Å².